The second kappa shape index (κ2) is 4.99. The molecule has 112 valence electrons. The van der Waals surface area contributed by atoms with E-state index in [4.69, 9.17) is 5.73 Å². The van der Waals surface area contributed by atoms with Crippen molar-refractivity contribution in [2.45, 2.75) is 0 Å². The lowest BCUT2D eigenvalue weighted by Gasteiger charge is -2.15. The minimum Gasteiger partial charge on any atom is -0.478 e. The van der Waals surface area contributed by atoms with Crippen molar-refractivity contribution >= 4 is 23.4 Å². The van der Waals surface area contributed by atoms with E-state index in [0.717, 1.165) is 5.56 Å². The van der Waals surface area contributed by atoms with Crippen molar-refractivity contribution < 1.29 is 9.90 Å². The zero-order valence-electron chi connectivity index (χ0n) is 12.1. The summed E-state index contributed by atoms with van der Waals surface area (Å²) in [4.78, 5) is 21.4. The predicted molar refractivity (Wildman–Crippen MR) is 81.9 cm³/mol. The molecule has 0 aromatic carbocycles. The van der Waals surface area contributed by atoms with E-state index in [9.17, 15) is 9.90 Å². The van der Waals surface area contributed by atoms with Crippen molar-refractivity contribution in [1.82, 2.24) is 19.6 Å². The molecule has 0 atom stereocenters. The van der Waals surface area contributed by atoms with Gasteiger partial charge in [-0.2, -0.15) is 4.98 Å². The van der Waals surface area contributed by atoms with Gasteiger partial charge in [0.25, 0.3) is 0 Å². The maximum atomic E-state index is 11.4. The van der Waals surface area contributed by atoms with Gasteiger partial charge in [0.1, 0.15) is 11.4 Å². The number of rotatable bonds is 3. The molecule has 8 heteroatoms. The van der Waals surface area contributed by atoms with Crippen LogP contribution in [0.2, 0.25) is 0 Å². The number of fused-ring (bicyclic) bond motifs is 1. The minimum absolute atomic E-state index is 0.142. The van der Waals surface area contributed by atoms with Crippen LogP contribution in [0.5, 0.6) is 0 Å². The first-order valence-corrected chi connectivity index (χ1v) is 6.48. The Morgan fingerprint density at radius 1 is 1.32 bits per heavy atom. The van der Waals surface area contributed by atoms with E-state index in [0.29, 0.717) is 17.0 Å². The first-order chi connectivity index (χ1) is 10.5. The minimum atomic E-state index is -1.02. The second-order valence-corrected chi connectivity index (χ2v) is 4.98. The fourth-order valence-electron chi connectivity index (χ4n) is 2.21. The third kappa shape index (κ3) is 2.30. The number of aromatic nitrogens is 4. The van der Waals surface area contributed by atoms with Crippen LogP contribution < -0.4 is 10.6 Å². The molecule has 0 aliphatic rings. The van der Waals surface area contributed by atoms with Crippen molar-refractivity contribution in [3.8, 4) is 11.1 Å². The molecule has 3 rings (SSSR count). The molecule has 0 saturated heterocycles. The Bertz CT molecular complexity index is 871. The van der Waals surface area contributed by atoms with Crippen LogP contribution in [0.3, 0.4) is 0 Å². The predicted octanol–water partition coefficient (Wildman–Crippen LogP) is 1.14. The van der Waals surface area contributed by atoms with Gasteiger partial charge in [-0.15, -0.1) is 5.10 Å². The number of carboxylic acid groups (broad SMARTS) is 1. The summed E-state index contributed by atoms with van der Waals surface area (Å²) in [6.07, 6.45) is 3.35. The summed E-state index contributed by atoms with van der Waals surface area (Å²) < 4.78 is 1.55. The van der Waals surface area contributed by atoms with Crippen LogP contribution in [-0.4, -0.2) is 44.8 Å². The lowest BCUT2D eigenvalue weighted by atomic mass is 10.1. The zero-order valence-corrected chi connectivity index (χ0v) is 12.1. The molecule has 0 fully saturated rings. The van der Waals surface area contributed by atoms with Crippen LogP contribution in [-0.2, 0) is 0 Å². The standard InChI is InChI=1S/C14H14N6O2/c1-19(2)12-10(13(21)22)5-9(7-16-12)8-3-4-20-11(6-8)17-14(15)18-20/h3-7H,1-2H3,(H2,15,18)(H,21,22). The molecule has 0 saturated carbocycles. The lowest BCUT2D eigenvalue weighted by molar-refractivity contribution is 0.0697. The van der Waals surface area contributed by atoms with Crippen molar-refractivity contribution in [1.29, 1.82) is 0 Å². The highest BCUT2D eigenvalue weighted by Crippen LogP contribution is 2.25. The molecule has 3 aromatic rings. The molecule has 3 heterocycles. The Labute approximate surface area is 125 Å². The summed E-state index contributed by atoms with van der Waals surface area (Å²) in [6, 6.07) is 5.18. The summed E-state index contributed by atoms with van der Waals surface area (Å²) in [7, 11) is 3.50. The zero-order chi connectivity index (χ0) is 15.9. The molecule has 0 amide bonds. The number of carbonyl (C=O) groups is 1. The number of nitrogens with zero attached hydrogens (tertiary/aromatic N) is 5. The molecule has 0 aliphatic heterocycles. The number of hydrogen-bond donors (Lipinski definition) is 2. The maximum Gasteiger partial charge on any atom is 0.339 e. The summed E-state index contributed by atoms with van der Waals surface area (Å²) >= 11 is 0. The SMILES string of the molecule is CN(C)c1ncc(-c2ccn3nc(N)nc3c2)cc1C(=O)O. The highest BCUT2D eigenvalue weighted by atomic mass is 16.4. The van der Waals surface area contributed by atoms with E-state index in [-0.39, 0.29) is 11.5 Å². The first kappa shape index (κ1) is 13.8. The monoisotopic (exact) mass is 298 g/mol. The lowest BCUT2D eigenvalue weighted by Crippen LogP contribution is -2.15. The smallest absolute Gasteiger partial charge is 0.339 e. The van der Waals surface area contributed by atoms with Crippen LogP contribution in [0.4, 0.5) is 11.8 Å². The van der Waals surface area contributed by atoms with Gasteiger partial charge in [-0.05, 0) is 23.8 Å². The fraction of sp³-hybridized carbons (Fsp3) is 0.143. The Balaban J connectivity index is 2.13. The fourth-order valence-corrected chi connectivity index (χ4v) is 2.21. The molecule has 0 spiro atoms. The first-order valence-electron chi connectivity index (χ1n) is 6.48. The Morgan fingerprint density at radius 2 is 2.09 bits per heavy atom. The van der Waals surface area contributed by atoms with Crippen molar-refractivity contribution in [2.75, 3.05) is 24.7 Å². The second-order valence-electron chi connectivity index (χ2n) is 4.98. The number of aromatic carboxylic acids is 1. The van der Waals surface area contributed by atoms with Gasteiger partial charge in [0, 0.05) is 32.1 Å². The Kier molecular flexibility index (Phi) is 3.13. The summed E-state index contributed by atoms with van der Waals surface area (Å²) in [5.74, 6) is -0.431. The van der Waals surface area contributed by atoms with Gasteiger partial charge >= 0.3 is 5.97 Å². The Hall–Kier alpha value is -3.16. The largest absolute Gasteiger partial charge is 0.478 e. The molecule has 8 nitrogen and oxygen atoms in total. The average molecular weight is 298 g/mol. The molecule has 22 heavy (non-hydrogen) atoms. The molecule has 0 radical (unpaired) electrons. The maximum absolute atomic E-state index is 11.4. The number of hydrogen-bond acceptors (Lipinski definition) is 6. The van der Waals surface area contributed by atoms with Gasteiger partial charge in [0.2, 0.25) is 5.95 Å². The summed E-state index contributed by atoms with van der Waals surface area (Å²) in [6.45, 7) is 0. The average Bonchev–Trinajstić information content (AvgIpc) is 2.85. The van der Waals surface area contributed by atoms with E-state index >= 15 is 0 Å². The number of nitrogen functional groups attached to an aromatic ring is 1. The number of pyridine rings is 2. The van der Waals surface area contributed by atoms with E-state index < -0.39 is 5.97 Å². The quantitative estimate of drug-likeness (QED) is 0.746. The van der Waals surface area contributed by atoms with Crippen molar-refractivity contribution in [3.05, 3.63) is 36.2 Å². The summed E-state index contributed by atoms with van der Waals surface area (Å²) in [5, 5.41) is 13.3. The van der Waals surface area contributed by atoms with Crippen molar-refractivity contribution in [3.63, 3.8) is 0 Å². The highest BCUT2D eigenvalue weighted by molar-refractivity contribution is 5.94. The molecule has 0 unspecified atom stereocenters. The van der Waals surface area contributed by atoms with Gasteiger partial charge in [-0.25, -0.2) is 14.3 Å². The van der Waals surface area contributed by atoms with Crippen LogP contribution in [0.25, 0.3) is 16.8 Å². The van der Waals surface area contributed by atoms with Gasteiger partial charge in [0.15, 0.2) is 5.65 Å². The molecular formula is C14H14N6O2. The van der Waals surface area contributed by atoms with Gasteiger partial charge in [-0.1, -0.05) is 0 Å². The van der Waals surface area contributed by atoms with E-state index in [1.54, 1.807) is 54.1 Å². The molecule has 0 aliphatic carbocycles. The van der Waals surface area contributed by atoms with Crippen LogP contribution in [0.1, 0.15) is 10.4 Å². The molecule has 3 N–H and O–H groups in total. The number of anilines is 2. The molecule has 0 bridgehead atoms. The third-order valence-corrected chi connectivity index (χ3v) is 3.21. The van der Waals surface area contributed by atoms with Crippen LogP contribution in [0.15, 0.2) is 30.6 Å². The Morgan fingerprint density at radius 3 is 2.77 bits per heavy atom. The van der Waals surface area contributed by atoms with E-state index in [1.165, 1.54) is 0 Å². The normalized spacial score (nSPS) is 10.8. The third-order valence-electron chi connectivity index (χ3n) is 3.21. The topological polar surface area (TPSA) is 110 Å². The summed E-state index contributed by atoms with van der Waals surface area (Å²) in [5.41, 5.74) is 7.77. The van der Waals surface area contributed by atoms with Gasteiger partial charge in [0.05, 0.1) is 0 Å². The van der Waals surface area contributed by atoms with Crippen molar-refractivity contribution in [2.24, 2.45) is 0 Å². The number of carboxylic acids is 1. The highest BCUT2D eigenvalue weighted by Gasteiger charge is 2.15. The van der Waals surface area contributed by atoms with Gasteiger partial charge in [-0.3, -0.25) is 0 Å². The van der Waals surface area contributed by atoms with E-state index in [2.05, 4.69) is 15.1 Å². The van der Waals surface area contributed by atoms with Crippen LogP contribution >= 0.6 is 0 Å². The molecular weight excluding hydrogens is 284 g/mol. The van der Waals surface area contributed by atoms with Crippen LogP contribution in [0, 0.1) is 0 Å². The van der Waals surface area contributed by atoms with E-state index in [1.807, 2.05) is 0 Å². The number of nitrogens with two attached hydrogens (primary N) is 1. The molecule has 3 aromatic heterocycles. The van der Waals surface area contributed by atoms with Gasteiger partial charge < -0.3 is 15.7 Å².